The van der Waals surface area contributed by atoms with Crippen LogP contribution in [0.15, 0.2) is 24.3 Å². The molecular weight excluding hydrogens is 302 g/mol. The molecule has 1 aromatic carbocycles. The van der Waals surface area contributed by atoms with E-state index in [1.165, 1.54) is 19.3 Å². The van der Waals surface area contributed by atoms with Crippen molar-refractivity contribution in [3.8, 4) is 5.75 Å². The quantitative estimate of drug-likeness (QED) is 0.888. The van der Waals surface area contributed by atoms with Gasteiger partial charge in [0, 0.05) is 37.9 Å². The van der Waals surface area contributed by atoms with E-state index in [1.54, 1.807) is 12.1 Å². The average Bonchev–Trinajstić information content (AvgIpc) is 2.58. The number of phenols is 1. The fourth-order valence-corrected chi connectivity index (χ4v) is 3.81. The predicted molar refractivity (Wildman–Crippen MR) is 96.3 cm³/mol. The Morgan fingerprint density at radius 2 is 1.79 bits per heavy atom. The fourth-order valence-electron chi connectivity index (χ4n) is 3.81. The summed E-state index contributed by atoms with van der Waals surface area (Å²) in [6, 6.07) is 7.70. The number of amides is 1. The standard InChI is InChI=1S/C19H29N3O2/c1-15-4-2-3-5-18(15)20-19(24)14-21-10-12-22(13-11-21)16-6-8-17(23)9-7-16/h6-9,15,18,23H,2-5,10-14H2,1H3,(H,20,24)/t15-,18+/m1/s1. The van der Waals surface area contributed by atoms with E-state index in [2.05, 4.69) is 22.0 Å². The Kier molecular flexibility index (Phi) is 5.61. The van der Waals surface area contributed by atoms with Crippen LogP contribution < -0.4 is 10.2 Å². The minimum absolute atomic E-state index is 0.173. The number of hydrogen-bond donors (Lipinski definition) is 2. The zero-order valence-electron chi connectivity index (χ0n) is 14.6. The van der Waals surface area contributed by atoms with Gasteiger partial charge in [-0.25, -0.2) is 0 Å². The lowest BCUT2D eigenvalue weighted by Gasteiger charge is -2.36. The molecule has 0 unspecified atom stereocenters. The van der Waals surface area contributed by atoms with Crippen molar-refractivity contribution in [3.63, 3.8) is 0 Å². The van der Waals surface area contributed by atoms with Crippen molar-refractivity contribution in [1.82, 2.24) is 10.2 Å². The molecule has 2 N–H and O–H groups in total. The van der Waals surface area contributed by atoms with Crippen LogP contribution in [-0.4, -0.2) is 54.7 Å². The van der Waals surface area contributed by atoms with Gasteiger partial charge in [0.15, 0.2) is 0 Å². The third-order valence-electron chi connectivity index (χ3n) is 5.41. The second-order valence-electron chi connectivity index (χ2n) is 7.22. The van der Waals surface area contributed by atoms with Crippen LogP contribution >= 0.6 is 0 Å². The lowest BCUT2D eigenvalue weighted by molar-refractivity contribution is -0.123. The van der Waals surface area contributed by atoms with Gasteiger partial charge in [0.2, 0.25) is 5.91 Å². The molecule has 1 heterocycles. The zero-order valence-corrected chi connectivity index (χ0v) is 14.6. The predicted octanol–water partition coefficient (Wildman–Crippen LogP) is 2.21. The van der Waals surface area contributed by atoms with E-state index in [1.807, 2.05) is 12.1 Å². The summed E-state index contributed by atoms with van der Waals surface area (Å²) in [5.74, 6) is 1.08. The molecule has 1 aliphatic heterocycles. The molecule has 1 amide bonds. The van der Waals surface area contributed by atoms with Gasteiger partial charge in [0.1, 0.15) is 5.75 Å². The van der Waals surface area contributed by atoms with E-state index in [0.717, 1.165) is 38.3 Å². The number of carbonyl (C=O) groups is 1. The molecule has 5 heteroatoms. The largest absolute Gasteiger partial charge is 0.508 e. The number of nitrogens with zero attached hydrogens (tertiary/aromatic N) is 2. The Morgan fingerprint density at radius 1 is 1.12 bits per heavy atom. The molecule has 5 nitrogen and oxygen atoms in total. The van der Waals surface area contributed by atoms with Gasteiger partial charge in [-0.05, 0) is 43.0 Å². The molecule has 1 aromatic rings. The molecular formula is C19H29N3O2. The number of hydrogen-bond acceptors (Lipinski definition) is 4. The summed E-state index contributed by atoms with van der Waals surface area (Å²) in [6.45, 7) is 6.38. The molecule has 1 aliphatic carbocycles. The summed E-state index contributed by atoms with van der Waals surface area (Å²) in [5, 5.41) is 12.6. The Labute approximate surface area is 144 Å². The number of benzene rings is 1. The van der Waals surface area contributed by atoms with Crippen molar-refractivity contribution in [2.45, 2.75) is 38.6 Å². The topological polar surface area (TPSA) is 55.8 Å². The number of rotatable bonds is 4. The van der Waals surface area contributed by atoms with E-state index in [-0.39, 0.29) is 5.91 Å². The number of carbonyl (C=O) groups excluding carboxylic acids is 1. The summed E-state index contributed by atoms with van der Waals surface area (Å²) in [7, 11) is 0. The van der Waals surface area contributed by atoms with Crippen LogP contribution in [0, 0.1) is 5.92 Å². The highest BCUT2D eigenvalue weighted by molar-refractivity contribution is 5.78. The maximum atomic E-state index is 12.3. The van der Waals surface area contributed by atoms with Crippen LogP contribution in [0.25, 0.3) is 0 Å². The number of nitrogens with one attached hydrogen (secondary N) is 1. The fraction of sp³-hybridized carbons (Fsp3) is 0.632. The number of aromatic hydroxyl groups is 1. The maximum absolute atomic E-state index is 12.3. The molecule has 132 valence electrons. The second-order valence-corrected chi connectivity index (χ2v) is 7.22. The first-order valence-corrected chi connectivity index (χ1v) is 9.17. The summed E-state index contributed by atoms with van der Waals surface area (Å²) in [5.41, 5.74) is 1.13. The summed E-state index contributed by atoms with van der Waals surface area (Å²) in [6.07, 6.45) is 4.89. The third kappa shape index (κ3) is 4.41. The van der Waals surface area contributed by atoms with Gasteiger partial charge in [-0.1, -0.05) is 19.8 Å². The highest BCUT2D eigenvalue weighted by atomic mass is 16.3. The van der Waals surface area contributed by atoms with Crippen LogP contribution in [0.3, 0.4) is 0 Å². The van der Waals surface area contributed by atoms with Gasteiger partial charge in [-0.2, -0.15) is 0 Å². The van der Waals surface area contributed by atoms with Gasteiger partial charge < -0.3 is 15.3 Å². The average molecular weight is 331 g/mol. The van der Waals surface area contributed by atoms with E-state index < -0.39 is 0 Å². The summed E-state index contributed by atoms with van der Waals surface area (Å²) in [4.78, 5) is 16.9. The van der Waals surface area contributed by atoms with Crippen LogP contribution in [0.2, 0.25) is 0 Å². The van der Waals surface area contributed by atoms with Crippen molar-refractivity contribution in [2.24, 2.45) is 5.92 Å². The number of anilines is 1. The van der Waals surface area contributed by atoms with Crippen molar-refractivity contribution < 1.29 is 9.90 Å². The monoisotopic (exact) mass is 331 g/mol. The highest BCUT2D eigenvalue weighted by Gasteiger charge is 2.24. The SMILES string of the molecule is C[C@@H]1CCCC[C@@H]1NC(=O)CN1CCN(c2ccc(O)cc2)CC1. The molecule has 0 spiro atoms. The third-order valence-corrected chi connectivity index (χ3v) is 5.41. The van der Waals surface area contributed by atoms with Gasteiger partial charge in [0.05, 0.1) is 6.54 Å². The molecule has 3 rings (SSSR count). The Bertz CT molecular complexity index is 538. The number of phenolic OH excluding ortho intramolecular Hbond substituents is 1. The summed E-state index contributed by atoms with van der Waals surface area (Å²) >= 11 is 0. The molecule has 2 aliphatic rings. The minimum Gasteiger partial charge on any atom is -0.508 e. The molecule has 2 fully saturated rings. The molecule has 0 radical (unpaired) electrons. The normalized spacial score (nSPS) is 25.5. The van der Waals surface area contributed by atoms with Crippen molar-refractivity contribution >= 4 is 11.6 Å². The van der Waals surface area contributed by atoms with Crippen LogP contribution in [0.5, 0.6) is 5.75 Å². The minimum atomic E-state index is 0.173. The first-order valence-electron chi connectivity index (χ1n) is 9.17. The Balaban J connectivity index is 1.43. The van der Waals surface area contributed by atoms with Gasteiger partial charge >= 0.3 is 0 Å². The smallest absolute Gasteiger partial charge is 0.234 e. The highest BCUT2D eigenvalue weighted by Crippen LogP contribution is 2.24. The first-order chi connectivity index (χ1) is 11.6. The lowest BCUT2D eigenvalue weighted by Crippen LogP contribution is -2.51. The summed E-state index contributed by atoms with van der Waals surface area (Å²) < 4.78 is 0. The van der Waals surface area contributed by atoms with E-state index in [4.69, 9.17) is 0 Å². The molecule has 1 saturated heterocycles. The number of piperazine rings is 1. The van der Waals surface area contributed by atoms with Crippen molar-refractivity contribution in [3.05, 3.63) is 24.3 Å². The van der Waals surface area contributed by atoms with Crippen LogP contribution in [0.4, 0.5) is 5.69 Å². The molecule has 24 heavy (non-hydrogen) atoms. The van der Waals surface area contributed by atoms with Crippen molar-refractivity contribution in [1.29, 1.82) is 0 Å². The van der Waals surface area contributed by atoms with Gasteiger partial charge in [0.25, 0.3) is 0 Å². The maximum Gasteiger partial charge on any atom is 0.234 e. The molecule has 0 bridgehead atoms. The van der Waals surface area contributed by atoms with Gasteiger partial charge in [-0.3, -0.25) is 9.69 Å². The van der Waals surface area contributed by atoms with Crippen LogP contribution in [-0.2, 0) is 4.79 Å². The zero-order chi connectivity index (χ0) is 16.9. The van der Waals surface area contributed by atoms with Crippen LogP contribution in [0.1, 0.15) is 32.6 Å². The molecule has 0 aromatic heterocycles. The van der Waals surface area contributed by atoms with Gasteiger partial charge in [-0.15, -0.1) is 0 Å². The van der Waals surface area contributed by atoms with Crippen molar-refractivity contribution in [2.75, 3.05) is 37.6 Å². The van der Waals surface area contributed by atoms with E-state index >= 15 is 0 Å². The first kappa shape index (κ1) is 17.1. The molecule has 2 atom stereocenters. The second kappa shape index (κ2) is 7.88. The van der Waals surface area contributed by atoms with E-state index in [9.17, 15) is 9.90 Å². The Morgan fingerprint density at radius 3 is 2.46 bits per heavy atom. The molecule has 1 saturated carbocycles. The Hall–Kier alpha value is -1.75. The van der Waals surface area contributed by atoms with E-state index in [0.29, 0.717) is 24.3 Å². The lowest BCUT2D eigenvalue weighted by atomic mass is 9.86.